The molecule has 3 rings (SSSR count). The van der Waals surface area contributed by atoms with Crippen LogP contribution >= 0.6 is 24.8 Å². The molecule has 2 aliphatic rings. The van der Waals surface area contributed by atoms with Gasteiger partial charge in [0.15, 0.2) is 0 Å². The Morgan fingerprint density at radius 1 is 1.08 bits per heavy atom. The fourth-order valence-corrected chi connectivity index (χ4v) is 3.95. The first-order valence-electron chi connectivity index (χ1n) is 9.04. The second-order valence-corrected chi connectivity index (χ2v) is 6.93. The molecule has 0 atom stereocenters. The number of para-hydroxylation sites is 1. The van der Waals surface area contributed by atoms with Crippen LogP contribution in [0, 0.1) is 5.41 Å². The minimum atomic E-state index is -0.331. The number of carbonyl (C=O) groups is 1. The highest BCUT2D eigenvalue weighted by Crippen LogP contribution is 2.32. The van der Waals surface area contributed by atoms with Gasteiger partial charge >= 0.3 is 0 Å². The summed E-state index contributed by atoms with van der Waals surface area (Å²) < 4.78 is 5.43. The van der Waals surface area contributed by atoms with Crippen molar-refractivity contribution in [3.8, 4) is 0 Å². The number of hydrogen-bond acceptors (Lipinski definition) is 4. The summed E-state index contributed by atoms with van der Waals surface area (Å²) in [6.07, 6.45) is 2.76. The molecular formula is C19H31Cl2N3O2. The van der Waals surface area contributed by atoms with Crippen LogP contribution in [0.2, 0.25) is 0 Å². The predicted octanol–water partition coefficient (Wildman–Crippen LogP) is 2.59. The molecule has 0 radical (unpaired) electrons. The zero-order valence-electron chi connectivity index (χ0n) is 15.5. The number of nitrogens with zero attached hydrogens (tertiary/aromatic N) is 2. The first-order chi connectivity index (χ1) is 11.7. The standard InChI is InChI=1S/C19H29N3O2.2ClH/c1-24-16-19(8-10-20-11-9-19)18(23)22-13-5-12-21(14-15-22)17-6-3-2-4-7-17;;/h2-4,6-7,20H,5,8-16H2,1H3;2*1H. The van der Waals surface area contributed by atoms with E-state index >= 15 is 0 Å². The van der Waals surface area contributed by atoms with Crippen molar-refractivity contribution in [1.82, 2.24) is 10.2 Å². The van der Waals surface area contributed by atoms with E-state index in [4.69, 9.17) is 4.74 Å². The molecule has 0 bridgehead atoms. The minimum Gasteiger partial charge on any atom is -0.384 e. The average molecular weight is 404 g/mol. The van der Waals surface area contributed by atoms with Crippen LogP contribution in [0.5, 0.6) is 0 Å². The average Bonchev–Trinajstić information content (AvgIpc) is 2.89. The van der Waals surface area contributed by atoms with Crippen molar-refractivity contribution in [2.45, 2.75) is 19.3 Å². The van der Waals surface area contributed by atoms with Gasteiger partial charge in [-0.1, -0.05) is 18.2 Å². The van der Waals surface area contributed by atoms with Crippen LogP contribution in [0.1, 0.15) is 19.3 Å². The van der Waals surface area contributed by atoms with Gasteiger partial charge in [0.2, 0.25) is 5.91 Å². The molecule has 0 spiro atoms. The number of benzene rings is 1. The summed E-state index contributed by atoms with van der Waals surface area (Å²) in [5.41, 5.74) is 0.919. The van der Waals surface area contributed by atoms with Crippen molar-refractivity contribution in [3.63, 3.8) is 0 Å². The molecule has 1 N–H and O–H groups in total. The summed E-state index contributed by atoms with van der Waals surface area (Å²) in [7, 11) is 1.70. The second-order valence-electron chi connectivity index (χ2n) is 6.93. The summed E-state index contributed by atoms with van der Waals surface area (Å²) in [4.78, 5) is 17.7. The Kier molecular flexibility index (Phi) is 9.72. The SMILES string of the molecule is COCC1(C(=O)N2CCCN(c3ccccc3)CC2)CCNCC1.Cl.Cl. The lowest BCUT2D eigenvalue weighted by molar-refractivity contribution is -0.147. The van der Waals surface area contributed by atoms with Gasteiger partial charge in [0.05, 0.1) is 12.0 Å². The maximum absolute atomic E-state index is 13.3. The largest absolute Gasteiger partial charge is 0.384 e. The van der Waals surface area contributed by atoms with Gasteiger partial charge in [0, 0.05) is 39.0 Å². The van der Waals surface area contributed by atoms with Gasteiger partial charge in [-0.2, -0.15) is 0 Å². The van der Waals surface area contributed by atoms with Gasteiger partial charge in [0.25, 0.3) is 0 Å². The smallest absolute Gasteiger partial charge is 0.231 e. The Morgan fingerprint density at radius 3 is 2.42 bits per heavy atom. The lowest BCUT2D eigenvalue weighted by atomic mass is 9.78. The van der Waals surface area contributed by atoms with Crippen molar-refractivity contribution in [3.05, 3.63) is 30.3 Å². The molecule has 7 heteroatoms. The van der Waals surface area contributed by atoms with Crippen molar-refractivity contribution < 1.29 is 9.53 Å². The molecule has 26 heavy (non-hydrogen) atoms. The lowest BCUT2D eigenvalue weighted by Crippen LogP contribution is -2.52. The molecule has 2 aliphatic heterocycles. The Morgan fingerprint density at radius 2 is 1.77 bits per heavy atom. The fraction of sp³-hybridized carbons (Fsp3) is 0.632. The lowest BCUT2D eigenvalue weighted by Gasteiger charge is -2.39. The minimum absolute atomic E-state index is 0. The van der Waals surface area contributed by atoms with Gasteiger partial charge < -0.3 is 19.9 Å². The van der Waals surface area contributed by atoms with Crippen LogP contribution in [0.15, 0.2) is 30.3 Å². The number of carbonyl (C=O) groups excluding carboxylic acids is 1. The van der Waals surface area contributed by atoms with Gasteiger partial charge in [-0.3, -0.25) is 4.79 Å². The molecule has 5 nitrogen and oxygen atoms in total. The highest BCUT2D eigenvalue weighted by atomic mass is 35.5. The van der Waals surface area contributed by atoms with Crippen molar-refractivity contribution in [2.75, 3.05) is 57.9 Å². The molecule has 1 amide bonds. The first-order valence-corrected chi connectivity index (χ1v) is 9.04. The quantitative estimate of drug-likeness (QED) is 0.838. The van der Waals surface area contributed by atoms with E-state index in [1.165, 1.54) is 5.69 Å². The molecule has 148 valence electrons. The molecule has 2 fully saturated rings. The Hall–Kier alpha value is -1.01. The maximum atomic E-state index is 13.3. The van der Waals surface area contributed by atoms with E-state index in [0.717, 1.165) is 58.5 Å². The van der Waals surface area contributed by atoms with E-state index in [1.54, 1.807) is 7.11 Å². The third-order valence-corrected chi connectivity index (χ3v) is 5.34. The molecular weight excluding hydrogens is 373 g/mol. The topological polar surface area (TPSA) is 44.8 Å². The first kappa shape index (κ1) is 23.0. The molecule has 1 aromatic rings. The van der Waals surface area contributed by atoms with E-state index in [2.05, 4.69) is 39.4 Å². The molecule has 2 saturated heterocycles. The normalized spacial score (nSPS) is 19.7. The van der Waals surface area contributed by atoms with Crippen LogP contribution < -0.4 is 10.2 Å². The number of halogens is 2. The van der Waals surface area contributed by atoms with Gasteiger partial charge in [0.1, 0.15) is 0 Å². The summed E-state index contributed by atoms with van der Waals surface area (Å²) in [6, 6.07) is 10.5. The molecule has 2 heterocycles. The van der Waals surface area contributed by atoms with Crippen LogP contribution in [0.4, 0.5) is 5.69 Å². The summed E-state index contributed by atoms with van der Waals surface area (Å²) in [5.74, 6) is 0.292. The Labute approximate surface area is 169 Å². The van der Waals surface area contributed by atoms with Crippen molar-refractivity contribution in [2.24, 2.45) is 5.41 Å². The van der Waals surface area contributed by atoms with E-state index in [-0.39, 0.29) is 30.2 Å². The molecule has 0 unspecified atom stereocenters. The number of anilines is 1. The fourth-order valence-electron chi connectivity index (χ4n) is 3.95. The van der Waals surface area contributed by atoms with Gasteiger partial charge in [-0.05, 0) is 44.5 Å². The van der Waals surface area contributed by atoms with Crippen LogP contribution in [0.3, 0.4) is 0 Å². The zero-order chi connectivity index (χ0) is 16.8. The number of piperidine rings is 1. The Bertz CT molecular complexity index is 533. The van der Waals surface area contributed by atoms with E-state index in [0.29, 0.717) is 12.5 Å². The summed E-state index contributed by atoms with van der Waals surface area (Å²) in [5, 5.41) is 3.36. The summed E-state index contributed by atoms with van der Waals surface area (Å²) >= 11 is 0. The van der Waals surface area contributed by atoms with Gasteiger partial charge in [-0.15, -0.1) is 24.8 Å². The number of ether oxygens (including phenoxy) is 1. The highest BCUT2D eigenvalue weighted by Gasteiger charge is 2.42. The third-order valence-electron chi connectivity index (χ3n) is 5.34. The van der Waals surface area contributed by atoms with E-state index in [1.807, 2.05) is 6.07 Å². The van der Waals surface area contributed by atoms with Crippen LogP contribution in [0.25, 0.3) is 0 Å². The number of nitrogens with one attached hydrogen (secondary N) is 1. The number of methoxy groups -OCH3 is 1. The molecule has 0 aromatic heterocycles. The number of amides is 1. The van der Waals surface area contributed by atoms with Crippen molar-refractivity contribution >= 4 is 36.4 Å². The van der Waals surface area contributed by atoms with Crippen molar-refractivity contribution in [1.29, 1.82) is 0 Å². The highest BCUT2D eigenvalue weighted by molar-refractivity contribution is 5.85. The third kappa shape index (κ3) is 5.26. The van der Waals surface area contributed by atoms with Gasteiger partial charge in [-0.25, -0.2) is 0 Å². The van der Waals surface area contributed by atoms with Crippen LogP contribution in [-0.2, 0) is 9.53 Å². The van der Waals surface area contributed by atoms with Crippen LogP contribution in [-0.4, -0.2) is 63.8 Å². The second kappa shape index (κ2) is 11.0. The number of hydrogen-bond donors (Lipinski definition) is 1. The maximum Gasteiger partial charge on any atom is 0.231 e. The predicted molar refractivity (Wildman–Crippen MR) is 111 cm³/mol. The van der Waals surface area contributed by atoms with E-state index in [9.17, 15) is 4.79 Å². The molecule has 1 aromatic carbocycles. The molecule has 0 aliphatic carbocycles. The molecule has 0 saturated carbocycles. The monoisotopic (exact) mass is 403 g/mol. The summed E-state index contributed by atoms with van der Waals surface area (Å²) in [6.45, 7) is 5.89. The van der Waals surface area contributed by atoms with E-state index < -0.39 is 0 Å². The Balaban J connectivity index is 0.00000169. The zero-order valence-corrected chi connectivity index (χ0v) is 17.1. The number of rotatable bonds is 4.